The highest BCUT2D eigenvalue weighted by Crippen LogP contribution is 2.75. The molecule has 0 heterocycles. The van der Waals surface area contributed by atoms with E-state index >= 15 is 0 Å². The molecule has 4 fully saturated rings. The molecule has 6 heteroatoms. The Morgan fingerprint density at radius 3 is 1.70 bits per heavy atom. The predicted molar refractivity (Wildman–Crippen MR) is 141 cm³/mol. The molecule has 4 saturated carbocycles. The van der Waals surface area contributed by atoms with Crippen LogP contribution in [0.3, 0.4) is 0 Å². The van der Waals surface area contributed by atoms with E-state index in [1.807, 2.05) is 30.3 Å². The third-order valence-corrected chi connectivity index (χ3v) is 15.7. The Bertz CT molecular complexity index is 942. The lowest BCUT2D eigenvalue weighted by Crippen LogP contribution is -2.38. The number of hydrogen-bond donors (Lipinski definition) is 0. The van der Waals surface area contributed by atoms with Crippen molar-refractivity contribution in [3.05, 3.63) is 35.9 Å². The summed E-state index contributed by atoms with van der Waals surface area (Å²) < 4.78 is 13.8. The van der Waals surface area contributed by atoms with Crippen molar-refractivity contribution >= 4 is 34.0 Å². The van der Waals surface area contributed by atoms with E-state index < -0.39 is 5.69 Å². The minimum absolute atomic E-state index is 0.0286. The molecule has 0 unspecified atom stereocenters. The maximum atomic E-state index is 13.3. The van der Waals surface area contributed by atoms with Crippen molar-refractivity contribution in [1.82, 2.24) is 0 Å². The van der Waals surface area contributed by atoms with Gasteiger partial charge in [-0.15, -0.1) is 0 Å². The number of carbonyl (C=O) groups excluding carboxylic acids is 1. The van der Waals surface area contributed by atoms with Crippen LogP contribution in [0.15, 0.2) is 30.3 Å². The molecule has 4 aliphatic carbocycles. The van der Waals surface area contributed by atoms with Gasteiger partial charge in [-0.3, -0.25) is 4.79 Å². The van der Waals surface area contributed by atoms with Crippen molar-refractivity contribution in [3.8, 4) is 0 Å². The van der Waals surface area contributed by atoms with Crippen molar-refractivity contribution in [2.45, 2.75) is 92.3 Å². The molecule has 0 radical (unpaired) electrons. The SMILES string of the molecule is CC1(C)[C@H]2CC[C@]1(C)[C@H](OP(=S)(O[C@@H]1C[C@@H]3CC[C@@]1(C)C3(C)C)SC(=O)c1ccccc1)C2. The van der Waals surface area contributed by atoms with Gasteiger partial charge in [-0.25, -0.2) is 0 Å². The van der Waals surface area contributed by atoms with E-state index in [1.165, 1.54) is 24.2 Å². The first-order valence-electron chi connectivity index (χ1n) is 12.6. The molecule has 0 aliphatic heterocycles. The summed E-state index contributed by atoms with van der Waals surface area (Å²) in [6, 6.07) is 9.45. The van der Waals surface area contributed by atoms with Crippen molar-refractivity contribution in [1.29, 1.82) is 0 Å². The minimum Gasteiger partial charge on any atom is -0.317 e. The Kier molecular flexibility index (Phi) is 5.87. The van der Waals surface area contributed by atoms with Gasteiger partial charge in [0.05, 0.1) is 12.2 Å². The summed E-state index contributed by atoms with van der Waals surface area (Å²) in [5.41, 5.74) is -1.61. The summed E-state index contributed by atoms with van der Waals surface area (Å²) in [6.45, 7) is 14.3. The highest BCUT2D eigenvalue weighted by atomic mass is 32.9. The maximum absolute atomic E-state index is 13.3. The van der Waals surface area contributed by atoms with Crippen LogP contribution < -0.4 is 0 Å². The molecule has 6 atom stereocenters. The molecular weight excluding hydrogens is 467 g/mol. The van der Waals surface area contributed by atoms with Crippen molar-refractivity contribution in [2.24, 2.45) is 33.5 Å². The third-order valence-electron chi connectivity index (χ3n) is 11.1. The van der Waals surface area contributed by atoms with Gasteiger partial charge in [-0.2, -0.15) is 0 Å². The Morgan fingerprint density at radius 1 is 0.879 bits per heavy atom. The Labute approximate surface area is 209 Å². The van der Waals surface area contributed by atoms with Crippen LogP contribution in [0, 0.1) is 33.5 Å². The van der Waals surface area contributed by atoms with Gasteiger partial charge in [0.2, 0.25) is 5.12 Å². The van der Waals surface area contributed by atoms with Crippen molar-refractivity contribution in [2.75, 3.05) is 0 Å². The second kappa shape index (κ2) is 7.90. The number of benzene rings is 1. The van der Waals surface area contributed by atoms with Crippen LogP contribution in [-0.4, -0.2) is 17.3 Å². The highest BCUT2D eigenvalue weighted by molar-refractivity contribution is 8.73. The average molecular weight is 507 g/mol. The molecule has 0 N–H and O–H groups in total. The van der Waals surface area contributed by atoms with Gasteiger partial charge in [-0.05, 0) is 83.8 Å². The first-order valence-corrected chi connectivity index (χ1v) is 16.6. The summed E-state index contributed by atoms with van der Waals surface area (Å²) in [7, 11) is 0. The lowest BCUT2D eigenvalue weighted by atomic mass is 9.70. The first kappa shape index (κ1) is 24.5. The summed E-state index contributed by atoms with van der Waals surface area (Å²) in [5.74, 6) is 1.31. The first-order chi connectivity index (χ1) is 15.3. The van der Waals surface area contributed by atoms with Crippen LogP contribution in [0.5, 0.6) is 0 Å². The van der Waals surface area contributed by atoms with Crippen molar-refractivity contribution in [3.63, 3.8) is 0 Å². The minimum atomic E-state index is -2.90. The molecular formula is C27H39O3PS2. The summed E-state index contributed by atoms with van der Waals surface area (Å²) in [6.07, 6.45) is 7.04. The van der Waals surface area contributed by atoms with Gasteiger partial charge in [-0.1, -0.05) is 71.9 Å². The van der Waals surface area contributed by atoms with Gasteiger partial charge >= 0.3 is 0 Å². The normalized spacial score (nSPS) is 40.4. The third kappa shape index (κ3) is 3.58. The predicted octanol–water partition coefficient (Wildman–Crippen LogP) is 8.25. The van der Waals surface area contributed by atoms with Crippen LogP contribution in [0.25, 0.3) is 0 Å². The van der Waals surface area contributed by atoms with Gasteiger partial charge < -0.3 is 9.05 Å². The lowest BCUT2D eigenvalue weighted by molar-refractivity contribution is 0.00158. The van der Waals surface area contributed by atoms with E-state index in [-0.39, 0.29) is 39.0 Å². The van der Waals surface area contributed by atoms with E-state index in [1.54, 1.807) is 0 Å². The Balaban J connectivity index is 1.43. The quantitative estimate of drug-likeness (QED) is 0.363. The molecule has 0 spiro atoms. The van der Waals surface area contributed by atoms with Crippen LogP contribution in [0.4, 0.5) is 0 Å². The Morgan fingerprint density at radius 2 is 1.33 bits per heavy atom. The molecule has 182 valence electrons. The molecule has 0 amide bonds. The molecule has 4 bridgehead atoms. The number of carbonyl (C=O) groups is 1. The molecule has 1 aromatic rings. The summed E-state index contributed by atoms with van der Waals surface area (Å²) >= 11 is 7.41. The van der Waals surface area contributed by atoms with Crippen molar-refractivity contribution < 1.29 is 13.8 Å². The fourth-order valence-corrected chi connectivity index (χ4v) is 12.6. The zero-order valence-corrected chi connectivity index (χ0v) is 23.5. The monoisotopic (exact) mass is 506 g/mol. The second-order valence-corrected chi connectivity index (χ2v) is 18.6. The lowest BCUT2D eigenvalue weighted by Gasteiger charge is -2.43. The van der Waals surface area contributed by atoms with Crippen LogP contribution >= 0.6 is 17.1 Å². The summed E-state index contributed by atoms with van der Waals surface area (Å²) in [4.78, 5) is 13.3. The topological polar surface area (TPSA) is 35.5 Å². The molecule has 0 saturated heterocycles. The molecule has 5 rings (SSSR count). The van der Waals surface area contributed by atoms with E-state index in [2.05, 4.69) is 41.5 Å². The van der Waals surface area contributed by atoms with Gasteiger partial charge in [0.25, 0.3) is 5.69 Å². The molecule has 0 aromatic heterocycles. The fraction of sp³-hybridized carbons (Fsp3) is 0.741. The smallest absolute Gasteiger partial charge is 0.255 e. The fourth-order valence-electron chi connectivity index (χ4n) is 7.69. The maximum Gasteiger partial charge on any atom is 0.255 e. The van der Waals surface area contributed by atoms with Gasteiger partial charge in [0.1, 0.15) is 0 Å². The number of hydrogen-bond acceptors (Lipinski definition) is 5. The standard InChI is InChI=1S/C27H39O3PS2/c1-24(2)19-12-14-26(24,5)21(16-19)29-31(32,33-23(28)18-10-8-7-9-11-18)30-22-17-20-13-15-27(22,6)25(20,3)4/h7-11,19-22H,12-17H2,1-6H3/t19-,20-,21+,22+,26+,27+/m0/s1. The van der Waals surface area contributed by atoms with Crippen LogP contribution in [0.2, 0.25) is 0 Å². The molecule has 3 nitrogen and oxygen atoms in total. The largest absolute Gasteiger partial charge is 0.317 e. The zero-order valence-electron chi connectivity index (χ0n) is 20.9. The highest BCUT2D eigenvalue weighted by Gasteiger charge is 2.65. The zero-order chi connectivity index (χ0) is 23.9. The van der Waals surface area contributed by atoms with Crippen LogP contribution in [0.1, 0.15) is 90.4 Å². The van der Waals surface area contributed by atoms with Gasteiger partial charge in [0.15, 0.2) is 0 Å². The summed E-state index contributed by atoms with van der Waals surface area (Å²) in [5, 5.41) is -0.0286. The average Bonchev–Trinajstić information content (AvgIpc) is 3.26. The number of rotatable bonds is 6. The molecule has 4 aliphatic rings. The van der Waals surface area contributed by atoms with Crippen LogP contribution in [-0.2, 0) is 20.9 Å². The van der Waals surface area contributed by atoms with E-state index in [4.69, 9.17) is 20.9 Å². The Hall–Kier alpha value is -0.190. The van der Waals surface area contributed by atoms with E-state index in [0.717, 1.165) is 25.7 Å². The number of fused-ring (bicyclic) bond motifs is 4. The molecule has 33 heavy (non-hydrogen) atoms. The molecule has 1 aromatic carbocycles. The van der Waals surface area contributed by atoms with Gasteiger partial charge in [0, 0.05) is 16.9 Å². The second-order valence-electron chi connectivity index (χ2n) is 12.6. The van der Waals surface area contributed by atoms with E-state index in [0.29, 0.717) is 17.4 Å². The van der Waals surface area contributed by atoms with E-state index in [9.17, 15) is 4.79 Å².